The summed E-state index contributed by atoms with van der Waals surface area (Å²) in [7, 11) is 0. The summed E-state index contributed by atoms with van der Waals surface area (Å²) in [6.07, 6.45) is 1.49. The van der Waals surface area contributed by atoms with Gasteiger partial charge in [0.05, 0.1) is 17.7 Å². The minimum Gasteiger partial charge on any atom is -0.467 e. The van der Waals surface area contributed by atoms with Crippen LogP contribution in [-0.2, 0) is 16.1 Å². The van der Waals surface area contributed by atoms with Gasteiger partial charge in [-0.3, -0.25) is 29.4 Å². The quantitative estimate of drug-likeness (QED) is 0.142. The molecule has 1 aromatic heterocycles. The van der Waals surface area contributed by atoms with E-state index in [1.54, 1.807) is 36.4 Å². The number of nitro benzene ring substituents is 1. The summed E-state index contributed by atoms with van der Waals surface area (Å²) in [5.41, 5.74) is 3.66. The maximum Gasteiger partial charge on any atom is 0.278 e. The van der Waals surface area contributed by atoms with Crippen LogP contribution in [0.15, 0.2) is 105 Å². The number of imide groups is 1. The van der Waals surface area contributed by atoms with Crippen LogP contribution in [-0.4, -0.2) is 27.5 Å². The first kappa shape index (κ1) is 27.4. The SMILES string of the molecule is Cc1ccc(NC2=C(Sc3ccc(NC(=O)c4ccc([N+](=O)[O-])cc4)cc3)C(=O)N(Cc3ccco3)C2=O)cc1C. The van der Waals surface area contributed by atoms with E-state index < -0.39 is 22.6 Å². The zero-order valence-corrected chi connectivity index (χ0v) is 22.9. The number of aryl methyl sites for hydroxylation is 2. The molecule has 0 aliphatic carbocycles. The Morgan fingerprint density at radius 1 is 0.927 bits per heavy atom. The van der Waals surface area contributed by atoms with Crippen LogP contribution in [0.2, 0.25) is 0 Å². The summed E-state index contributed by atoms with van der Waals surface area (Å²) in [5.74, 6) is -0.845. The Balaban J connectivity index is 1.36. The van der Waals surface area contributed by atoms with Crippen LogP contribution in [0, 0.1) is 24.0 Å². The first-order valence-corrected chi connectivity index (χ1v) is 13.3. The largest absolute Gasteiger partial charge is 0.467 e. The second-order valence-corrected chi connectivity index (χ2v) is 10.4. The Bertz CT molecular complexity index is 1680. The fourth-order valence-corrected chi connectivity index (χ4v) is 5.03. The predicted octanol–water partition coefficient (Wildman–Crippen LogP) is 6.04. The summed E-state index contributed by atoms with van der Waals surface area (Å²) >= 11 is 1.14. The van der Waals surface area contributed by atoms with Crippen LogP contribution in [0.3, 0.4) is 0 Å². The van der Waals surface area contributed by atoms with E-state index in [0.717, 1.165) is 27.8 Å². The van der Waals surface area contributed by atoms with Crippen molar-refractivity contribution in [2.75, 3.05) is 10.6 Å². The van der Waals surface area contributed by atoms with Gasteiger partial charge in [0, 0.05) is 34.0 Å². The van der Waals surface area contributed by atoms with E-state index in [-0.39, 0.29) is 28.4 Å². The Hall–Kier alpha value is -5.16. The molecule has 0 fully saturated rings. The molecule has 5 rings (SSSR count). The van der Waals surface area contributed by atoms with E-state index in [4.69, 9.17) is 4.42 Å². The first-order chi connectivity index (χ1) is 19.7. The van der Waals surface area contributed by atoms with Gasteiger partial charge in [0.2, 0.25) is 0 Å². The van der Waals surface area contributed by atoms with Crippen molar-refractivity contribution in [3.05, 3.63) is 128 Å². The van der Waals surface area contributed by atoms with Gasteiger partial charge in [-0.1, -0.05) is 17.8 Å². The molecule has 0 bridgehead atoms. The molecule has 11 heteroatoms. The number of rotatable bonds is 9. The van der Waals surface area contributed by atoms with Crippen LogP contribution < -0.4 is 10.6 Å². The number of benzene rings is 3. The van der Waals surface area contributed by atoms with Crippen molar-refractivity contribution in [3.63, 3.8) is 0 Å². The lowest BCUT2D eigenvalue weighted by Crippen LogP contribution is -2.31. The highest BCUT2D eigenvalue weighted by Gasteiger charge is 2.39. The van der Waals surface area contributed by atoms with Crippen molar-refractivity contribution in [1.82, 2.24) is 4.90 Å². The third-order valence-corrected chi connectivity index (χ3v) is 7.56. The second kappa shape index (κ2) is 11.5. The third kappa shape index (κ3) is 6.04. The lowest BCUT2D eigenvalue weighted by molar-refractivity contribution is -0.384. The summed E-state index contributed by atoms with van der Waals surface area (Å²) in [5, 5.41) is 16.7. The van der Waals surface area contributed by atoms with Gasteiger partial charge in [0.1, 0.15) is 16.4 Å². The van der Waals surface area contributed by atoms with Gasteiger partial charge in [-0.2, -0.15) is 0 Å². The molecule has 4 aromatic rings. The predicted molar refractivity (Wildman–Crippen MR) is 154 cm³/mol. The minimum absolute atomic E-state index is 0.000442. The minimum atomic E-state index is -0.533. The maximum atomic E-state index is 13.4. The van der Waals surface area contributed by atoms with E-state index in [1.165, 1.54) is 30.5 Å². The van der Waals surface area contributed by atoms with Gasteiger partial charge in [-0.15, -0.1) is 0 Å². The normalized spacial score (nSPS) is 13.1. The average Bonchev–Trinajstić information content (AvgIpc) is 3.55. The topological polar surface area (TPSA) is 135 Å². The van der Waals surface area contributed by atoms with E-state index in [9.17, 15) is 24.5 Å². The average molecular weight is 569 g/mol. The highest BCUT2D eigenvalue weighted by molar-refractivity contribution is 8.04. The number of hydrogen-bond donors (Lipinski definition) is 2. The summed E-state index contributed by atoms with van der Waals surface area (Å²) in [6.45, 7) is 3.96. The van der Waals surface area contributed by atoms with E-state index in [1.807, 2.05) is 32.0 Å². The number of nitrogens with one attached hydrogen (secondary N) is 2. The zero-order valence-electron chi connectivity index (χ0n) is 22.0. The first-order valence-electron chi connectivity index (χ1n) is 12.5. The molecule has 2 N–H and O–H groups in total. The van der Waals surface area contributed by atoms with Gasteiger partial charge in [0.25, 0.3) is 23.4 Å². The molecule has 0 unspecified atom stereocenters. The Morgan fingerprint density at radius 3 is 2.27 bits per heavy atom. The summed E-state index contributed by atoms with van der Waals surface area (Å²) < 4.78 is 5.36. The monoisotopic (exact) mass is 568 g/mol. The number of nitro groups is 1. The van der Waals surface area contributed by atoms with Crippen molar-refractivity contribution in [1.29, 1.82) is 0 Å². The molecular weight excluding hydrogens is 544 g/mol. The molecule has 206 valence electrons. The Kier molecular flexibility index (Phi) is 7.70. The molecule has 3 amide bonds. The van der Waals surface area contributed by atoms with Crippen molar-refractivity contribution in [2.24, 2.45) is 0 Å². The molecule has 0 spiro atoms. The fraction of sp³-hybridized carbons (Fsp3) is 0.100. The van der Waals surface area contributed by atoms with Crippen molar-refractivity contribution >= 4 is 46.5 Å². The number of nitrogens with zero attached hydrogens (tertiary/aromatic N) is 2. The molecule has 0 saturated heterocycles. The number of amides is 3. The maximum absolute atomic E-state index is 13.4. The van der Waals surface area contributed by atoms with Gasteiger partial charge in [-0.25, -0.2) is 0 Å². The number of furan rings is 1. The molecule has 0 atom stereocenters. The van der Waals surface area contributed by atoms with Gasteiger partial charge >= 0.3 is 0 Å². The van der Waals surface area contributed by atoms with Crippen LogP contribution >= 0.6 is 11.8 Å². The molecule has 10 nitrogen and oxygen atoms in total. The zero-order chi connectivity index (χ0) is 29.1. The van der Waals surface area contributed by atoms with Crippen molar-refractivity contribution in [3.8, 4) is 0 Å². The van der Waals surface area contributed by atoms with E-state index >= 15 is 0 Å². The van der Waals surface area contributed by atoms with Crippen molar-refractivity contribution < 1.29 is 23.7 Å². The van der Waals surface area contributed by atoms with E-state index in [0.29, 0.717) is 22.0 Å². The van der Waals surface area contributed by atoms with Gasteiger partial charge in [0.15, 0.2) is 0 Å². The summed E-state index contributed by atoms with van der Waals surface area (Å²) in [6, 6.07) is 21.2. The van der Waals surface area contributed by atoms with E-state index in [2.05, 4.69) is 10.6 Å². The van der Waals surface area contributed by atoms with Crippen LogP contribution in [0.1, 0.15) is 27.2 Å². The van der Waals surface area contributed by atoms with Crippen LogP contribution in [0.5, 0.6) is 0 Å². The smallest absolute Gasteiger partial charge is 0.278 e. The molecule has 0 saturated carbocycles. The molecule has 1 aliphatic heterocycles. The Morgan fingerprint density at radius 2 is 1.63 bits per heavy atom. The number of carbonyl (C=O) groups excluding carboxylic acids is 3. The van der Waals surface area contributed by atoms with Gasteiger partial charge in [-0.05, 0) is 85.6 Å². The molecular formula is C30H24N4O6S. The lowest BCUT2D eigenvalue weighted by atomic mass is 10.1. The second-order valence-electron chi connectivity index (χ2n) is 9.29. The highest BCUT2D eigenvalue weighted by Crippen LogP contribution is 2.37. The number of hydrogen-bond acceptors (Lipinski definition) is 8. The molecule has 3 aromatic carbocycles. The molecule has 41 heavy (non-hydrogen) atoms. The Labute approximate surface area is 239 Å². The number of carbonyl (C=O) groups is 3. The standard InChI is InChI=1S/C30H24N4O6S/c1-18-5-8-22(16-19(18)2)31-26-27(30(37)33(29(26)36)17-24-4-3-15-40-24)41-25-13-9-21(10-14-25)32-28(35)20-6-11-23(12-7-20)34(38)39/h3-16,31H,17H2,1-2H3,(H,32,35). The third-order valence-electron chi connectivity index (χ3n) is 6.47. The fourth-order valence-electron chi connectivity index (χ4n) is 4.09. The number of non-ortho nitro benzene ring substituents is 1. The molecule has 1 aliphatic rings. The van der Waals surface area contributed by atoms with Crippen LogP contribution in [0.4, 0.5) is 17.1 Å². The van der Waals surface area contributed by atoms with Crippen LogP contribution in [0.25, 0.3) is 0 Å². The van der Waals surface area contributed by atoms with Crippen molar-refractivity contribution in [2.45, 2.75) is 25.3 Å². The number of thioether (sulfide) groups is 1. The molecule has 2 heterocycles. The summed E-state index contributed by atoms with van der Waals surface area (Å²) in [4.78, 5) is 51.8. The lowest BCUT2D eigenvalue weighted by Gasteiger charge is -2.14. The highest BCUT2D eigenvalue weighted by atomic mass is 32.2. The van der Waals surface area contributed by atoms with Gasteiger partial charge < -0.3 is 15.1 Å². The molecule has 0 radical (unpaired) electrons. The number of anilines is 2.